The highest BCUT2D eigenvalue weighted by atomic mass is 35.5. The zero-order valence-electron chi connectivity index (χ0n) is 11.8. The number of hydrogen-bond acceptors (Lipinski definition) is 4. The van der Waals surface area contributed by atoms with Crippen molar-refractivity contribution in [2.24, 2.45) is 0 Å². The van der Waals surface area contributed by atoms with Crippen molar-refractivity contribution in [2.45, 2.75) is 0 Å². The van der Waals surface area contributed by atoms with Crippen molar-refractivity contribution < 1.29 is 9.90 Å². The van der Waals surface area contributed by atoms with Crippen LogP contribution in [0.1, 0.15) is 0 Å². The van der Waals surface area contributed by atoms with Gasteiger partial charge in [-0.1, -0.05) is 17.7 Å². The summed E-state index contributed by atoms with van der Waals surface area (Å²) in [6, 6.07) is 9.43. The van der Waals surface area contributed by atoms with Gasteiger partial charge < -0.3 is 14.9 Å². The number of rotatable bonds is 2. The molecule has 0 radical (unpaired) electrons. The lowest BCUT2D eigenvalue weighted by atomic mass is 10.2. The Labute approximate surface area is 133 Å². The fraction of sp³-hybridized carbons (Fsp3) is 0.267. The highest BCUT2D eigenvalue weighted by Gasteiger charge is 2.21. The zero-order valence-corrected chi connectivity index (χ0v) is 12.6. The van der Waals surface area contributed by atoms with E-state index in [1.807, 2.05) is 24.3 Å². The first kappa shape index (κ1) is 14.6. The summed E-state index contributed by atoms with van der Waals surface area (Å²) in [5.41, 5.74) is 1.73. The lowest BCUT2D eigenvalue weighted by molar-refractivity contribution is 0.142. The van der Waals surface area contributed by atoms with Crippen LogP contribution in [0, 0.1) is 0 Å². The largest absolute Gasteiger partial charge is 0.465 e. The van der Waals surface area contributed by atoms with E-state index in [2.05, 4.69) is 14.9 Å². The fourth-order valence-electron chi connectivity index (χ4n) is 2.45. The van der Waals surface area contributed by atoms with Gasteiger partial charge in [0, 0.05) is 37.9 Å². The Balaban J connectivity index is 1.79. The van der Waals surface area contributed by atoms with Gasteiger partial charge in [-0.05, 0) is 24.3 Å². The van der Waals surface area contributed by atoms with Gasteiger partial charge in [0.1, 0.15) is 11.0 Å². The molecule has 0 aromatic carbocycles. The molecule has 2 aromatic heterocycles. The molecule has 0 unspecified atom stereocenters. The van der Waals surface area contributed by atoms with Gasteiger partial charge >= 0.3 is 6.09 Å². The van der Waals surface area contributed by atoms with Gasteiger partial charge in [-0.25, -0.2) is 14.8 Å². The fourth-order valence-corrected chi connectivity index (χ4v) is 2.62. The molecule has 0 bridgehead atoms. The first-order chi connectivity index (χ1) is 10.6. The summed E-state index contributed by atoms with van der Waals surface area (Å²) in [7, 11) is 0. The number of anilines is 1. The lowest BCUT2D eigenvalue weighted by Crippen LogP contribution is -2.48. The van der Waals surface area contributed by atoms with Crippen molar-refractivity contribution in [3.63, 3.8) is 0 Å². The number of halogens is 1. The van der Waals surface area contributed by atoms with E-state index >= 15 is 0 Å². The third-order valence-corrected chi connectivity index (χ3v) is 3.84. The molecule has 6 nitrogen and oxygen atoms in total. The van der Waals surface area contributed by atoms with Crippen molar-refractivity contribution in [1.82, 2.24) is 14.9 Å². The molecule has 0 atom stereocenters. The maximum absolute atomic E-state index is 10.9. The van der Waals surface area contributed by atoms with E-state index in [0.717, 1.165) is 17.1 Å². The Bertz CT molecular complexity index is 687. The topological polar surface area (TPSA) is 69.6 Å². The van der Waals surface area contributed by atoms with Crippen LogP contribution in [0.5, 0.6) is 0 Å². The average molecular weight is 319 g/mol. The predicted molar refractivity (Wildman–Crippen MR) is 84.3 cm³/mol. The molecule has 0 saturated carbocycles. The molecule has 1 fully saturated rings. The molecule has 0 spiro atoms. The van der Waals surface area contributed by atoms with E-state index in [1.165, 1.54) is 4.90 Å². The summed E-state index contributed by atoms with van der Waals surface area (Å²) in [5, 5.41) is 9.42. The monoisotopic (exact) mass is 318 g/mol. The number of nitrogens with zero attached hydrogens (tertiary/aromatic N) is 4. The average Bonchev–Trinajstić information content (AvgIpc) is 2.55. The number of carboxylic acid groups (broad SMARTS) is 1. The minimum Gasteiger partial charge on any atom is -0.465 e. The van der Waals surface area contributed by atoms with Crippen molar-refractivity contribution in [2.75, 3.05) is 31.1 Å². The Morgan fingerprint density at radius 2 is 1.95 bits per heavy atom. The standard InChI is InChI=1S/C15H15ClN4O2/c16-13-10-11(4-5-17-13)12-2-1-3-14(18-12)19-6-8-20(9-7-19)15(21)22/h1-5,10H,6-9H2,(H,21,22). The third-order valence-electron chi connectivity index (χ3n) is 3.63. The molecule has 3 heterocycles. The molecule has 22 heavy (non-hydrogen) atoms. The Morgan fingerprint density at radius 3 is 2.64 bits per heavy atom. The summed E-state index contributed by atoms with van der Waals surface area (Å²) in [5.74, 6) is 0.843. The van der Waals surface area contributed by atoms with E-state index in [9.17, 15) is 4.79 Å². The lowest BCUT2D eigenvalue weighted by Gasteiger charge is -2.34. The number of carbonyl (C=O) groups is 1. The van der Waals surface area contributed by atoms with E-state index in [-0.39, 0.29) is 0 Å². The van der Waals surface area contributed by atoms with Gasteiger partial charge in [-0.15, -0.1) is 0 Å². The van der Waals surface area contributed by atoms with Crippen molar-refractivity contribution in [1.29, 1.82) is 0 Å². The van der Waals surface area contributed by atoms with Crippen LogP contribution < -0.4 is 4.90 Å². The number of hydrogen-bond donors (Lipinski definition) is 1. The normalized spacial score (nSPS) is 15.0. The number of pyridine rings is 2. The van der Waals surface area contributed by atoms with Crippen molar-refractivity contribution in [3.8, 4) is 11.3 Å². The third kappa shape index (κ3) is 3.12. The second-order valence-electron chi connectivity index (χ2n) is 5.00. The molecule has 1 aliphatic heterocycles. The highest BCUT2D eigenvalue weighted by Crippen LogP contribution is 2.22. The van der Waals surface area contributed by atoms with Gasteiger partial charge in [0.05, 0.1) is 5.69 Å². The summed E-state index contributed by atoms with van der Waals surface area (Å²) >= 11 is 5.92. The second kappa shape index (κ2) is 6.19. The van der Waals surface area contributed by atoms with E-state index in [0.29, 0.717) is 31.3 Å². The van der Waals surface area contributed by atoms with Crippen LogP contribution in [-0.4, -0.2) is 52.2 Å². The Kier molecular flexibility index (Phi) is 4.11. The van der Waals surface area contributed by atoms with Gasteiger partial charge in [0.2, 0.25) is 0 Å². The maximum Gasteiger partial charge on any atom is 0.407 e. The zero-order chi connectivity index (χ0) is 15.5. The number of aromatic nitrogens is 2. The van der Waals surface area contributed by atoms with Crippen LogP contribution in [0.3, 0.4) is 0 Å². The van der Waals surface area contributed by atoms with Crippen LogP contribution >= 0.6 is 11.6 Å². The molecule has 1 amide bonds. The quantitative estimate of drug-likeness (QED) is 0.862. The van der Waals surface area contributed by atoms with Crippen LogP contribution in [0.25, 0.3) is 11.3 Å². The first-order valence-corrected chi connectivity index (χ1v) is 7.33. The SMILES string of the molecule is O=C(O)N1CCN(c2cccc(-c3ccnc(Cl)c3)n2)CC1. The van der Waals surface area contributed by atoms with E-state index < -0.39 is 6.09 Å². The second-order valence-corrected chi connectivity index (χ2v) is 5.39. The number of piperazine rings is 1. The molecular formula is C15H15ClN4O2. The first-order valence-electron chi connectivity index (χ1n) is 6.95. The Hall–Kier alpha value is -2.34. The van der Waals surface area contributed by atoms with Crippen LogP contribution in [0.2, 0.25) is 5.15 Å². The van der Waals surface area contributed by atoms with Crippen LogP contribution in [0.4, 0.5) is 10.6 Å². The van der Waals surface area contributed by atoms with Crippen molar-refractivity contribution >= 4 is 23.5 Å². The molecule has 114 valence electrons. The summed E-state index contributed by atoms with van der Waals surface area (Å²) in [4.78, 5) is 23.1. The van der Waals surface area contributed by atoms with Crippen LogP contribution in [0.15, 0.2) is 36.5 Å². The molecule has 0 aliphatic carbocycles. The molecule has 1 N–H and O–H groups in total. The maximum atomic E-state index is 10.9. The molecule has 1 aliphatic rings. The van der Waals surface area contributed by atoms with Crippen molar-refractivity contribution in [3.05, 3.63) is 41.7 Å². The molecule has 7 heteroatoms. The van der Waals surface area contributed by atoms with Gasteiger partial charge in [0.15, 0.2) is 0 Å². The molecule has 1 saturated heterocycles. The predicted octanol–water partition coefficient (Wildman–Crippen LogP) is 2.60. The highest BCUT2D eigenvalue weighted by molar-refractivity contribution is 6.29. The van der Waals surface area contributed by atoms with Crippen LogP contribution in [-0.2, 0) is 0 Å². The van der Waals surface area contributed by atoms with E-state index in [4.69, 9.17) is 16.7 Å². The molecule has 3 rings (SSSR count). The minimum atomic E-state index is -0.868. The minimum absolute atomic E-state index is 0.430. The van der Waals surface area contributed by atoms with Gasteiger partial charge in [-0.2, -0.15) is 0 Å². The molecular weight excluding hydrogens is 304 g/mol. The van der Waals surface area contributed by atoms with Gasteiger partial charge in [-0.3, -0.25) is 0 Å². The smallest absolute Gasteiger partial charge is 0.407 e. The summed E-state index contributed by atoms with van der Waals surface area (Å²) in [6.45, 7) is 2.25. The number of amides is 1. The molecule has 2 aromatic rings. The Morgan fingerprint density at radius 1 is 1.18 bits per heavy atom. The summed E-state index contributed by atoms with van der Waals surface area (Å²) in [6.07, 6.45) is 0.783. The summed E-state index contributed by atoms with van der Waals surface area (Å²) < 4.78 is 0. The van der Waals surface area contributed by atoms with E-state index in [1.54, 1.807) is 12.3 Å². The van der Waals surface area contributed by atoms with Gasteiger partial charge in [0.25, 0.3) is 0 Å².